The molecule has 0 unspecified atom stereocenters. The monoisotopic (exact) mass is 347 g/mol. The van der Waals surface area contributed by atoms with E-state index in [0.717, 1.165) is 17.0 Å². The van der Waals surface area contributed by atoms with E-state index in [0.29, 0.717) is 24.5 Å². The second-order valence-corrected chi connectivity index (χ2v) is 5.76. The zero-order valence-electron chi connectivity index (χ0n) is 14.6. The summed E-state index contributed by atoms with van der Waals surface area (Å²) in [6, 6.07) is 21.4. The third-order valence-electron chi connectivity index (χ3n) is 3.74. The van der Waals surface area contributed by atoms with Crippen LogP contribution in [0.1, 0.15) is 18.9 Å². The highest BCUT2D eigenvalue weighted by Crippen LogP contribution is 2.20. The predicted octanol–water partition coefficient (Wildman–Crippen LogP) is 4.75. The average Bonchev–Trinajstić information content (AvgIpc) is 2.69. The van der Waals surface area contributed by atoms with Crippen LogP contribution < -0.4 is 15.4 Å². The molecule has 0 fully saturated rings. The first-order chi connectivity index (χ1) is 12.7. The molecule has 0 bridgehead atoms. The average molecular weight is 347 g/mol. The smallest absolute Gasteiger partial charge is 0.224 e. The highest BCUT2D eigenvalue weighted by molar-refractivity contribution is 5.90. The lowest BCUT2D eigenvalue weighted by Crippen LogP contribution is -2.09. The molecule has 5 heteroatoms. The number of benzene rings is 2. The van der Waals surface area contributed by atoms with Crippen LogP contribution in [-0.2, 0) is 11.4 Å². The van der Waals surface area contributed by atoms with Crippen molar-refractivity contribution < 1.29 is 9.53 Å². The van der Waals surface area contributed by atoms with Crippen LogP contribution in [0.25, 0.3) is 0 Å². The fourth-order valence-electron chi connectivity index (χ4n) is 2.31. The number of aromatic nitrogens is 1. The summed E-state index contributed by atoms with van der Waals surface area (Å²) in [6.45, 7) is 2.35. The Bertz CT molecular complexity index is 831. The van der Waals surface area contributed by atoms with Gasteiger partial charge in [0.15, 0.2) is 0 Å². The zero-order chi connectivity index (χ0) is 18.2. The van der Waals surface area contributed by atoms with Gasteiger partial charge >= 0.3 is 0 Å². The van der Waals surface area contributed by atoms with E-state index in [1.807, 2.05) is 73.7 Å². The second-order valence-electron chi connectivity index (χ2n) is 5.76. The molecule has 1 aromatic heterocycles. The summed E-state index contributed by atoms with van der Waals surface area (Å²) in [5.74, 6) is 1.49. The van der Waals surface area contributed by atoms with Crippen LogP contribution in [0.2, 0.25) is 0 Å². The summed E-state index contributed by atoms with van der Waals surface area (Å²) in [4.78, 5) is 15.7. The maximum Gasteiger partial charge on any atom is 0.224 e. The molecule has 26 heavy (non-hydrogen) atoms. The fourth-order valence-corrected chi connectivity index (χ4v) is 2.31. The first kappa shape index (κ1) is 17.5. The molecule has 0 saturated heterocycles. The highest BCUT2D eigenvalue weighted by atomic mass is 16.5. The number of nitrogens with one attached hydrogen (secondary N) is 2. The summed E-state index contributed by atoms with van der Waals surface area (Å²) in [5.41, 5.74) is 2.73. The maximum atomic E-state index is 11.4. The minimum atomic E-state index is -0.0291. The number of pyridine rings is 1. The van der Waals surface area contributed by atoms with Gasteiger partial charge in [-0.05, 0) is 42.0 Å². The van der Waals surface area contributed by atoms with Crippen molar-refractivity contribution >= 4 is 23.1 Å². The van der Waals surface area contributed by atoms with Crippen LogP contribution in [0.15, 0.2) is 72.9 Å². The molecule has 5 nitrogen and oxygen atoms in total. The number of anilines is 3. The molecular formula is C21H21N3O2. The number of hydrogen-bond acceptors (Lipinski definition) is 4. The summed E-state index contributed by atoms with van der Waals surface area (Å²) < 4.78 is 5.78. The molecule has 2 N–H and O–H groups in total. The molecule has 0 saturated carbocycles. The van der Waals surface area contributed by atoms with Crippen LogP contribution in [-0.4, -0.2) is 10.9 Å². The van der Waals surface area contributed by atoms with Gasteiger partial charge in [0.25, 0.3) is 0 Å². The Labute approximate surface area is 153 Å². The van der Waals surface area contributed by atoms with Crippen molar-refractivity contribution in [2.45, 2.75) is 20.0 Å². The van der Waals surface area contributed by atoms with Crippen molar-refractivity contribution in [2.24, 2.45) is 0 Å². The number of ether oxygens (including phenoxy) is 1. The Kier molecular flexibility index (Phi) is 5.83. The molecule has 0 aliphatic carbocycles. The molecule has 0 atom stereocenters. The lowest BCUT2D eigenvalue weighted by Gasteiger charge is -2.09. The third kappa shape index (κ3) is 5.08. The Hall–Kier alpha value is -3.34. The van der Waals surface area contributed by atoms with E-state index in [9.17, 15) is 4.79 Å². The van der Waals surface area contributed by atoms with Gasteiger partial charge < -0.3 is 15.4 Å². The fraction of sp³-hybridized carbons (Fsp3) is 0.143. The molecule has 1 amide bonds. The summed E-state index contributed by atoms with van der Waals surface area (Å²) >= 11 is 0. The molecule has 3 aromatic rings. The largest absolute Gasteiger partial charge is 0.489 e. The highest BCUT2D eigenvalue weighted by Gasteiger charge is 2.01. The van der Waals surface area contributed by atoms with Crippen molar-refractivity contribution in [2.75, 3.05) is 10.6 Å². The second kappa shape index (κ2) is 8.67. The predicted molar refractivity (Wildman–Crippen MR) is 104 cm³/mol. The van der Waals surface area contributed by atoms with E-state index in [1.165, 1.54) is 0 Å². The molecule has 1 heterocycles. The molecule has 0 aliphatic rings. The molecular weight excluding hydrogens is 326 g/mol. The molecule has 0 aliphatic heterocycles. The minimum Gasteiger partial charge on any atom is -0.489 e. The van der Waals surface area contributed by atoms with Crippen molar-refractivity contribution in [1.29, 1.82) is 0 Å². The van der Waals surface area contributed by atoms with Crippen LogP contribution in [0.3, 0.4) is 0 Å². The van der Waals surface area contributed by atoms with Crippen LogP contribution in [0, 0.1) is 0 Å². The quantitative estimate of drug-likeness (QED) is 0.647. The van der Waals surface area contributed by atoms with Crippen molar-refractivity contribution in [3.05, 3.63) is 78.5 Å². The number of hydrogen-bond donors (Lipinski definition) is 2. The van der Waals surface area contributed by atoms with Gasteiger partial charge in [-0.2, -0.15) is 0 Å². The number of nitrogens with zero attached hydrogens (tertiary/aromatic N) is 1. The number of carbonyl (C=O) groups excluding carboxylic acids is 1. The van der Waals surface area contributed by atoms with Gasteiger partial charge in [-0.15, -0.1) is 0 Å². The molecule has 0 radical (unpaired) electrons. The van der Waals surface area contributed by atoms with Crippen molar-refractivity contribution in [3.8, 4) is 5.75 Å². The SMILES string of the molecule is CCC(=O)Nc1ccc(Nc2ccc(OCc3ccccc3)cc2)nc1. The molecule has 3 rings (SSSR count). The minimum absolute atomic E-state index is 0.0291. The summed E-state index contributed by atoms with van der Waals surface area (Å²) in [7, 11) is 0. The summed E-state index contributed by atoms with van der Waals surface area (Å²) in [6.07, 6.45) is 2.08. The normalized spacial score (nSPS) is 10.2. The number of carbonyl (C=O) groups is 1. The molecule has 132 valence electrons. The van der Waals surface area contributed by atoms with Gasteiger partial charge in [-0.3, -0.25) is 4.79 Å². The van der Waals surface area contributed by atoms with E-state index >= 15 is 0 Å². The van der Waals surface area contributed by atoms with Crippen LogP contribution >= 0.6 is 0 Å². The van der Waals surface area contributed by atoms with E-state index < -0.39 is 0 Å². The zero-order valence-corrected chi connectivity index (χ0v) is 14.6. The Morgan fingerprint density at radius 2 is 1.69 bits per heavy atom. The first-order valence-corrected chi connectivity index (χ1v) is 8.52. The van der Waals surface area contributed by atoms with Crippen molar-refractivity contribution in [3.63, 3.8) is 0 Å². The van der Waals surface area contributed by atoms with E-state index in [4.69, 9.17) is 4.74 Å². The Balaban J connectivity index is 1.54. The first-order valence-electron chi connectivity index (χ1n) is 8.52. The molecule has 2 aromatic carbocycles. The van der Waals surface area contributed by atoms with Gasteiger partial charge in [0.05, 0.1) is 11.9 Å². The van der Waals surface area contributed by atoms with Gasteiger partial charge in [0.2, 0.25) is 5.91 Å². The van der Waals surface area contributed by atoms with Crippen LogP contribution in [0.4, 0.5) is 17.2 Å². The van der Waals surface area contributed by atoms with Gasteiger partial charge in [0, 0.05) is 12.1 Å². The van der Waals surface area contributed by atoms with Gasteiger partial charge in [-0.1, -0.05) is 37.3 Å². The van der Waals surface area contributed by atoms with E-state index in [-0.39, 0.29) is 5.91 Å². The van der Waals surface area contributed by atoms with Crippen LogP contribution in [0.5, 0.6) is 5.75 Å². The summed E-state index contributed by atoms with van der Waals surface area (Å²) in [5, 5.41) is 5.99. The van der Waals surface area contributed by atoms with Crippen molar-refractivity contribution in [1.82, 2.24) is 4.98 Å². The Morgan fingerprint density at radius 3 is 2.35 bits per heavy atom. The lowest BCUT2D eigenvalue weighted by molar-refractivity contribution is -0.115. The molecule has 0 spiro atoms. The number of amides is 1. The van der Waals surface area contributed by atoms with E-state index in [1.54, 1.807) is 6.20 Å². The van der Waals surface area contributed by atoms with Gasteiger partial charge in [0.1, 0.15) is 18.2 Å². The Morgan fingerprint density at radius 1 is 0.962 bits per heavy atom. The topological polar surface area (TPSA) is 63.2 Å². The standard InChI is InChI=1S/C21H21N3O2/c1-2-21(25)24-18-10-13-20(22-14-18)23-17-8-11-19(12-9-17)26-15-16-6-4-3-5-7-16/h3-14H,2,15H2,1H3,(H,22,23)(H,24,25). The van der Waals surface area contributed by atoms with Gasteiger partial charge in [-0.25, -0.2) is 4.98 Å². The maximum absolute atomic E-state index is 11.4. The lowest BCUT2D eigenvalue weighted by atomic mass is 10.2. The number of rotatable bonds is 7. The van der Waals surface area contributed by atoms with E-state index in [2.05, 4.69) is 15.6 Å². The third-order valence-corrected chi connectivity index (χ3v) is 3.74.